The highest BCUT2D eigenvalue weighted by molar-refractivity contribution is 5.86. The maximum absolute atomic E-state index is 5.30. The van der Waals surface area contributed by atoms with Crippen molar-refractivity contribution in [3.63, 3.8) is 0 Å². The maximum atomic E-state index is 5.30. The number of aromatic nitrogens is 3. The van der Waals surface area contributed by atoms with Gasteiger partial charge >= 0.3 is 0 Å². The first kappa shape index (κ1) is 26.1. The van der Waals surface area contributed by atoms with Crippen LogP contribution < -0.4 is 4.90 Å². The van der Waals surface area contributed by atoms with Crippen molar-refractivity contribution in [2.45, 2.75) is 0 Å². The second-order valence-electron chi connectivity index (χ2n) is 10.1. The highest BCUT2D eigenvalue weighted by Gasteiger charge is 2.21. The van der Waals surface area contributed by atoms with Gasteiger partial charge in [-0.15, -0.1) is 0 Å². The Morgan fingerprint density at radius 2 is 0.721 bits per heavy atom. The van der Waals surface area contributed by atoms with Crippen molar-refractivity contribution in [3.05, 3.63) is 170 Å². The van der Waals surface area contributed by atoms with Crippen molar-refractivity contribution in [2.75, 3.05) is 4.90 Å². The van der Waals surface area contributed by atoms with E-state index in [1.165, 1.54) is 0 Å². The first-order valence-corrected chi connectivity index (χ1v) is 14.3. The molecule has 0 bridgehead atoms. The van der Waals surface area contributed by atoms with Gasteiger partial charge in [0.15, 0.2) is 0 Å². The van der Waals surface area contributed by atoms with E-state index in [9.17, 15) is 0 Å². The molecule has 204 valence electrons. The van der Waals surface area contributed by atoms with E-state index < -0.39 is 0 Å². The van der Waals surface area contributed by atoms with E-state index in [-0.39, 0.29) is 0 Å². The summed E-state index contributed by atoms with van der Waals surface area (Å²) in [4.78, 5) is 17.4. The van der Waals surface area contributed by atoms with Gasteiger partial charge in [0.1, 0.15) is 17.5 Å². The minimum atomic E-state index is 0.733. The van der Waals surface area contributed by atoms with E-state index in [4.69, 9.17) is 15.0 Å². The van der Waals surface area contributed by atoms with Crippen LogP contribution in [0.2, 0.25) is 0 Å². The molecule has 7 aromatic rings. The molecule has 0 saturated carbocycles. The molecule has 0 aliphatic rings. The van der Waals surface area contributed by atoms with Crippen LogP contribution in [0.15, 0.2) is 170 Å². The Morgan fingerprint density at radius 3 is 1.12 bits per heavy atom. The third kappa shape index (κ3) is 5.42. The highest BCUT2D eigenvalue weighted by Crippen LogP contribution is 2.39. The normalized spacial score (nSPS) is 10.8. The van der Waals surface area contributed by atoms with Gasteiger partial charge in [0.2, 0.25) is 0 Å². The summed E-state index contributed by atoms with van der Waals surface area (Å²) < 4.78 is 0. The van der Waals surface area contributed by atoms with Crippen molar-refractivity contribution in [1.29, 1.82) is 0 Å². The molecular formula is C39H28N4. The summed E-state index contributed by atoms with van der Waals surface area (Å²) in [6.45, 7) is 0. The van der Waals surface area contributed by atoms with E-state index >= 15 is 0 Å². The molecule has 0 unspecified atom stereocenters. The van der Waals surface area contributed by atoms with Gasteiger partial charge in [-0.05, 0) is 47.5 Å². The van der Waals surface area contributed by atoms with Gasteiger partial charge in [0.05, 0.1) is 11.4 Å². The molecule has 4 aromatic carbocycles. The van der Waals surface area contributed by atoms with Crippen molar-refractivity contribution >= 4 is 17.5 Å². The average molecular weight is 553 g/mol. The summed E-state index contributed by atoms with van der Waals surface area (Å²) in [5.41, 5.74) is 8.23. The first-order chi connectivity index (χ1) is 21.3. The molecule has 0 aliphatic carbocycles. The van der Waals surface area contributed by atoms with Crippen molar-refractivity contribution in [2.24, 2.45) is 0 Å². The molecule has 7 rings (SSSR count). The molecule has 3 heterocycles. The van der Waals surface area contributed by atoms with Crippen molar-refractivity contribution in [1.82, 2.24) is 15.0 Å². The molecule has 4 nitrogen and oxygen atoms in total. The van der Waals surface area contributed by atoms with Crippen LogP contribution in [0.3, 0.4) is 0 Å². The standard InChI is InChI=1S/C39H28N4/c1-5-15-29(16-6-1)33-24-26-36(41-38(33)31-19-9-3-10-20-31)43(35-23-13-14-28-40-35)37-27-25-34(30-17-7-2-8-18-30)39(42-37)32-21-11-4-12-22-32/h1-28H. The smallest absolute Gasteiger partial charge is 0.140 e. The van der Waals surface area contributed by atoms with Gasteiger partial charge in [-0.25, -0.2) is 15.0 Å². The molecule has 3 aromatic heterocycles. The molecule has 4 heteroatoms. The fourth-order valence-corrected chi connectivity index (χ4v) is 5.32. The number of pyridine rings is 3. The fourth-order valence-electron chi connectivity index (χ4n) is 5.32. The van der Waals surface area contributed by atoms with Crippen LogP contribution in [-0.2, 0) is 0 Å². The molecular weight excluding hydrogens is 524 g/mol. The second-order valence-corrected chi connectivity index (χ2v) is 10.1. The number of anilines is 3. The number of hydrogen-bond donors (Lipinski definition) is 0. The van der Waals surface area contributed by atoms with Crippen LogP contribution in [0.4, 0.5) is 17.5 Å². The second kappa shape index (κ2) is 11.9. The minimum Gasteiger partial charge on any atom is -0.262 e. The number of rotatable bonds is 7. The fraction of sp³-hybridized carbons (Fsp3) is 0. The molecule has 0 radical (unpaired) electrons. The minimum absolute atomic E-state index is 0.733. The molecule has 0 spiro atoms. The van der Waals surface area contributed by atoms with E-state index in [1.54, 1.807) is 6.20 Å². The third-order valence-corrected chi connectivity index (χ3v) is 7.36. The van der Waals surface area contributed by atoms with E-state index in [0.717, 1.165) is 62.2 Å². The highest BCUT2D eigenvalue weighted by atomic mass is 15.3. The Bertz CT molecular complexity index is 1820. The number of hydrogen-bond acceptors (Lipinski definition) is 4. The van der Waals surface area contributed by atoms with Gasteiger partial charge in [0.25, 0.3) is 0 Å². The van der Waals surface area contributed by atoms with Gasteiger partial charge in [-0.3, -0.25) is 4.90 Å². The summed E-state index contributed by atoms with van der Waals surface area (Å²) in [7, 11) is 0. The number of nitrogens with zero attached hydrogens (tertiary/aromatic N) is 4. The molecule has 0 aliphatic heterocycles. The van der Waals surface area contributed by atoms with Gasteiger partial charge in [-0.1, -0.05) is 127 Å². The van der Waals surface area contributed by atoms with Crippen LogP contribution in [0.5, 0.6) is 0 Å². The average Bonchev–Trinajstić information content (AvgIpc) is 3.10. The molecule has 0 atom stereocenters. The zero-order valence-corrected chi connectivity index (χ0v) is 23.5. The molecule has 0 amide bonds. The molecule has 0 N–H and O–H groups in total. The largest absolute Gasteiger partial charge is 0.262 e. The maximum Gasteiger partial charge on any atom is 0.140 e. The van der Waals surface area contributed by atoms with Crippen molar-refractivity contribution in [3.8, 4) is 44.8 Å². The van der Waals surface area contributed by atoms with Crippen LogP contribution in [0.25, 0.3) is 44.8 Å². The molecule has 0 fully saturated rings. The van der Waals surface area contributed by atoms with Gasteiger partial charge in [-0.2, -0.15) is 0 Å². The van der Waals surface area contributed by atoms with Crippen LogP contribution in [0.1, 0.15) is 0 Å². The van der Waals surface area contributed by atoms with Gasteiger partial charge < -0.3 is 0 Å². The van der Waals surface area contributed by atoms with Crippen LogP contribution in [0, 0.1) is 0 Å². The van der Waals surface area contributed by atoms with Crippen molar-refractivity contribution < 1.29 is 0 Å². The summed E-state index contributed by atoms with van der Waals surface area (Å²) in [5.74, 6) is 2.20. The lowest BCUT2D eigenvalue weighted by atomic mass is 9.99. The quantitative estimate of drug-likeness (QED) is 0.197. The lowest BCUT2D eigenvalue weighted by molar-refractivity contribution is 1.09. The van der Waals surface area contributed by atoms with E-state index in [0.29, 0.717) is 0 Å². The summed E-state index contributed by atoms with van der Waals surface area (Å²) in [6, 6.07) is 55.7. The topological polar surface area (TPSA) is 41.9 Å². The van der Waals surface area contributed by atoms with Crippen LogP contribution in [-0.4, -0.2) is 15.0 Å². The lowest BCUT2D eigenvalue weighted by Gasteiger charge is -2.24. The SMILES string of the molecule is c1ccc(-c2ccc(N(c3ccccn3)c3ccc(-c4ccccc4)c(-c4ccccc4)n3)nc2-c2ccccc2)cc1. The van der Waals surface area contributed by atoms with E-state index in [2.05, 4.69) is 97.1 Å². The Kier molecular flexibility index (Phi) is 7.23. The monoisotopic (exact) mass is 552 g/mol. The van der Waals surface area contributed by atoms with Crippen LogP contribution >= 0.6 is 0 Å². The molecule has 43 heavy (non-hydrogen) atoms. The summed E-state index contributed by atoms with van der Waals surface area (Å²) >= 11 is 0. The Balaban J connectivity index is 1.44. The number of benzene rings is 4. The zero-order valence-electron chi connectivity index (χ0n) is 23.5. The van der Waals surface area contributed by atoms with E-state index in [1.807, 2.05) is 71.6 Å². The zero-order chi connectivity index (χ0) is 28.8. The Labute approximate surface area is 251 Å². The Morgan fingerprint density at radius 1 is 0.326 bits per heavy atom. The Hall–Kier alpha value is -5.87. The van der Waals surface area contributed by atoms with Gasteiger partial charge in [0, 0.05) is 28.5 Å². The summed E-state index contributed by atoms with van der Waals surface area (Å²) in [6.07, 6.45) is 1.80. The predicted molar refractivity (Wildman–Crippen MR) is 176 cm³/mol. The molecule has 0 saturated heterocycles. The first-order valence-electron chi connectivity index (χ1n) is 14.3. The predicted octanol–water partition coefficient (Wildman–Crippen LogP) is 10.0. The summed E-state index contributed by atoms with van der Waals surface area (Å²) in [5, 5.41) is 0. The lowest BCUT2D eigenvalue weighted by Crippen LogP contribution is -2.15. The third-order valence-electron chi connectivity index (χ3n) is 7.36.